The van der Waals surface area contributed by atoms with Crippen molar-refractivity contribution in [1.29, 1.82) is 0 Å². The van der Waals surface area contributed by atoms with Gasteiger partial charge in [0.25, 0.3) is 0 Å². The second kappa shape index (κ2) is 5.40. The van der Waals surface area contributed by atoms with Crippen molar-refractivity contribution < 1.29 is 14.6 Å². The Morgan fingerprint density at radius 1 is 1.53 bits per heavy atom. The first-order chi connectivity index (χ1) is 9.02. The molecule has 0 spiro atoms. The lowest BCUT2D eigenvalue weighted by molar-refractivity contribution is -0.133. The number of thioether (sulfide) groups is 1. The lowest BCUT2D eigenvalue weighted by atomic mass is 10.3. The predicted octanol–water partition coefficient (Wildman–Crippen LogP) is 1.42. The van der Waals surface area contributed by atoms with Crippen LogP contribution < -0.4 is 9.75 Å². The topological polar surface area (TPSA) is 67.6 Å². The molecule has 7 heteroatoms. The maximum Gasteiger partial charge on any atom is 0.313 e. The number of fused-ring (bicyclic) bond motifs is 1. The molecule has 2 rings (SSSR count). The van der Waals surface area contributed by atoms with Crippen LogP contribution in [0.25, 0.3) is 11.0 Å². The molecule has 102 valence electrons. The van der Waals surface area contributed by atoms with Crippen LogP contribution in [0, 0.1) is 0 Å². The first kappa shape index (κ1) is 13.5. The number of hydrogen-bond acceptors (Lipinski definition) is 5. The van der Waals surface area contributed by atoms with Gasteiger partial charge in [-0.2, -0.15) is 0 Å². The fourth-order valence-corrected chi connectivity index (χ4v) is 2.56. The number of methoxy groups -OCH3 is 1. The molecule has 1 aromatic heterocycles. The molecule has 6 nitrogen and oxygen atoms in total. The average Bonchev–Trinajstić information content (AvgIpc) is 2.73. The Morgan fingerprint density at radius 3 is 2.84 bits per heavy atom. The van der Waals surface area contributed by atoms with Gasteiger partial charge in [-0.1, -0.05) is 11.8 Å². The third-order valence-corrected chi connectivity index (χ3v) is 3.45. The highest BCUT2D eigenvalue weighted by atomic mass is 32.2. The lowest BCUT2D eigenvalue weighted by Crippen LogP contribution is -2.25. The third-order valence-electron chi connectivity index (χ3n) is 2.53. The van der Waals surface area contributed by atoms with E-state index in [1.165, 1.54) is 11.8 Å². The van der Waals surface area contributed by atoms with Gasteiger partial charge in [-0.25, -0.2) is 9.66 Å². The summed E-state index contributed by atoms with van der Waals surface area (Å²) in [7, 11) is 5.37. The van der Waals surface area contributed by atoms with Gasteiger partial charge in [0.2, 0.25) is 0 Å². The zero-order valence-electron chi connectivity index (χ0n) is 11.0. The molecular weight excluding hydrogens is 266 g/mol. The van der Waals surface area contributed by atoms with Crippen molar-refractivity contribution in [2.75, 3.05) is 32.0 Å². The van der Waals surface area contributed by atoms with Gasteiger partial charge in [0.1, 0.15) is 5.75 Å². The minimum atomic E-state index is -0.861. The first-order valence-corrected chi connectivity index (χ1v) is 6.60. The number of carboxylic acid groups (broad SMARTS) is 1. The molecule has 1 N–H and O–H groups in total. The first-order valence-electron chi connectivity index (χ1n) is 5.61. The number of benzene rings is 1. The van der Waals surface area contributed by atoms with E-state index in [9.17, 15) is 4.79 Å². The molecule has 0 atom stereocenters. The Labute approximate surface area is 114 Å². The highest BCUT2D eigenvalue weighted by molar-refractivity contribution is 7.99. The standard InChI is InChI=1S/C12H15N3O3S/c1-14(2)15-10-5-4-8(18-3)6-9(10)13-12(15)19-7-11(16)17/h4-6H,7H2,1-3H3,(H,16,17). The van der Waals surface area contributed by atoms with Gasteiger partial charge in [0, 0.05) is 20.2 Å². The summed E-state index contributed by atoms with van der Waals surface area (Å²) in [6.45, 7) is 0. The summed E-state index contributed by atoms with van der Waals surface area (Å²) < 4.78 is 7.04. The number of aromatic nitrogens is 2. The number of rotatable bonds is 5. The van der Waals surface area contributed by atoms with Crippen molar-refractivity contribution in [3.63, 3.8) is 0 Å². The Hall–Kier alpha value is -1.89. The van der Waals surface area contributed by atoms with Gasteiger partial charge in [-0.05, 0) is 12.1 Å². The third kappa shape index (κ3) is 2.76. The van der Waals surface area contributed by atoms with Crippen LogP contribution in [0.15, 0.2) is 23.4 Å². The minimum Gasteiger partial charge on any atom is -0.497 e. The molecule has 0 unspecified atom stereocenters. The summed E-state index contributed by atoms with van der Waals surface area (Å²) in [6, 6.07) is 5.60. The van der Waals surface area contributed by atoms with E-state index in [0.717, 1.165) is 16.8 Å². The van der Waals surface area contributed by atoms with E-state index in [-0.39, 0.29) is 5.75 Å². The highest BCUT2D eigenvalue weighted by Crippen LogP contribution is 2.26. The summed E-state index contributed by atoms with van der Waals surface area (Å²) in [5, 5.41) is 11.3. The van der Waals surface area contributed by atoms with Gasteiger partial charge >= 0.3 is 5.97 Å². The lowest BCUT2D eigenvalue weighted by Gasteiger charge is -2.17. The Balaban J connectivity index is 2.49. The van der Waals surface area contributed by atoms with E-state index in [1.807, 2.05) is 42.0 Å². The normalized spacial score (nSPS) is 10.7. The molecule has 19 heavy (non-hydrogen) atoms. The zero-order valence-corrected chi connectivity index (χ0v) is 11.8. The molecule has 0 amide bonds. The van der Waals surface area contributed by atoms with E-state index >= 15 is 0 Å². The van der Waals surface area contributed by atoms with Gasteiger partial charge < -0.3 is 14.9 Å². The number of hydrogen-bond donors (Lipinski definition) is 1. The average molecular weight is 281 g/mol. The fraction of sp³-hybridized carbons (Fsp3) is 0.333. The number of ether oxygens (including phenoxy) is 1. The molecule has 0 aliphatic carbocycles. The van der Waals surface area contributed by atoms with Crippen LogP contribution in [0.4, 0.5) is 0 Å². The zero-order chi connectivity index (χ0) is 14.0. The maximum atomic E-state index is 10.7. The SMILES string of the molecule is COc1ccc2c(c1)nc(SCC(=O)O)n2N(C)C. The number of aliphatic carboxylic acids is 1. The van der Waals surface area contributed by atoms with Crippen molar-refractivity contribution in [3.05, 3.63) is 18.2 Å². The molecular formula is C12H15N3O3S. The van der Waals surface area contributed by atoms with Crippen LogP contribution in [-0.4, -0.2) is 47.7 Å². The molecule has 0 bridgehead atoms. The Morgan fingerprint density at radius 2 is 2.26 bits per heavy atom. The second-order valence-electron chi connectivity index (χ2n) is 4.09. The largest absolute Gasteiger partial charge is 0.497 e. The van der Waals surface area contributed by atoms with Crippen molar-refractivity contribution in [2.24, 2.45) is 0 Å². The van der Waals surface area contributed by atoms with Gasteiger partial charge in [0.15, 0.2) is 5.16 Å². The van der Waals surface area contributed by atoms with Crippen molar-refractivity contribution in [1.82, 2.24) is 9.66 Å². The van der Waals surface area contributed by atoms with Crippen LogP contribution in [0.3, 0.4) is 0 Å². The Kier molecular flexibility index (Phi) is 3.84. The van der Waals surface area contributed by atoms with Crippen molar-refractivity contribution in [2.45, 2.75) is 5.16 Å². The summed E-state index contributed by atoms with van der Waals surface area (Å²) in [5.41, 5.74) is 1.69. The number of carbonyl (C=O) groups is 1. The quantitative estimate of drug-likeness (QED) is 0.836. The second-order valence-corrected chi connectivity index (χ2v) is 5.03. The van der Waals surface area contributed by atoms with Crippen LogP contribution in [0.5, 0.6) is 5.75 Å². The molecule has 0 saturated carbocycles. The van der Waals surface area contributed by atoms with E-state index < -0.39 is 5.97 Å². The molecule has 0 aliphatic rings. The van der Waals surface area contributed by atoms with E-state index in [2.05, 4.69) is 4.98 Å². The fourth-order valence-electron chi connectivity index (χ4n) is 1.76. The number of carboxylic acids is 1. The molecule has 1 aromatic carbocycles. The van der Waals surface area contributed by atoms with Crippen LogP contribution >= 0.6 is 11.8 Å². The van der Waals surface area contributed by atoms with Gasteiger partial charge in [0.05, 0.1) is 23.9 Å². The van der Waals surface area contributed by atoms with Crippen LogP contribution in [0.1, 0.15) is 0 Å². The summed E-state index contributed by atoms with van der Waals surface area (Å²) in [5.74, 6) is -0.153. The van der Waals surface area contributed by atoms with E-state index in [0.29, 0.717) is 5.16 Å². The molecule has 2 aromatic rings. The molecule has 1 heterocycles. The highest BCUT2D eigenvalue weighted by Gasteiger charge is 2.14. The molecule has 0 saturated heterocycles. The molecule has 0 fully saturated rings. The van der Waals surface area contributed by atoms with Crippen molar-refractivity contribution in [3.8, 4) is 5.75 Å². The molecule has 0 aliphatic heterocycles. The van der Waals surface area contributed by atoms with Crippen molar-refractivity contribution >= 4 is 28.8 Å². The van der Waals surface area contributed by atoms with Gasteiger partial charge in [-0.3, -0.25) is 4.79 Å². The summed E-state index contributed by atoms with van der Waals surface area (Å²) >= 11 is 1.19. The van der Waals surface area contributed by atoms with Crippen LogP contribution in [0.2, 0.25) is 0 Å². The summed E-state index contributed by atoms with van der Waals surface area (Å²) in [6.07, 6.45) is 0. The van der Waals surface area contributed by atoms with Gasteiger partial charge in [-0.15, -0.1) is 0 Å². The van der Waals surface area contributed by atoms with E-state index in [1.54, 1.807) is 7.11 Å². The predicted molar refractivity (Wildman–Crippen MR) is 74.7 cm³/mol. The number of nitrogens with zero attached hydrogens (tertiary/aromatic N) is 3. The summed E-state index contributed by atoms with van der Waals surface area (Å²) in [4.78, 5) is 15.1. The Bertz CT molecular complexity index is 610. The number of imidazole rings is 1. The monoisotopic (exact) mass is 281 g/mol. The molecule has 0 radical (unpaired) electrons. The van der Waals surface area contributed by atoms with E-state index in [4.69, 9.17) is 9.84 Å². The smallest absolute Gasteiger partial charge is 0.313 e. The minimum absolute atomic E-state index is 0.0195. The maximum absolute atomic E-state index is 10.7. The van der Waals surface area contributed by atoms with Crippen LogP contribution in [-0.2, 0) is 4.79 Å².